The zero-order valence-corrected chi connectivity index (χ0v) is 37.2. The number of β-amino-alcohol motifs (C(OH)–C–C–N with tert-alkyl or cyclic N) is 1. The number of aliphatic hydroxyl groups is 1. The molecule has 0 unspecified atom stereocenters. The van der Waals surface area contributed by atoms with Crippen LogP contribution in [0, 0.1) is 6.92 Å². The number of hydrogen-bond acceptors (Lipinski definition) is 10. The molecule has 4 amide bonds. The van der Waals surface area contributed by atoms with Crippen molar-refractivity contribution in [2.24, 2.45) is 0 Å². The van der Waals surface area contributed by atoms with Crippen LogP contribution in [0.1, 0.15) is 119 Å². The first-order chi connectivity index (χ1) is 30.5. The number of unbranched alkanes of at least 4 members (excludes halogenated alkanes) is 9. The van der Waals surface area contributed by atoms with Crippen LogP contribution in [0.25, 0.3) is 32.7 Å². The van der Waals surface area contributed by atoms with E-state index in [1.807, 2.05) is 66.7 Å². The fraction of sp³-hybridized carbons (Fsp3) is 0.479. The number of rotatable bonds is 21. The lowest BCUT2D eigenvalue weighted by Gasteiger charge is -2.39. The van der Waals surface area contributed by atoms with Crippen molar-refractivity contribution in [3.63, 3.8) is 0 Å². The molecular formula is C48H60N8O6S. The molecule has 7 rings (SSSR count). The van der Waals surface area contributed by atoms with Gasteiger partial charge < -0.3 is 35.6 Å². The summed E-state index contributed by atoms with van der Waals surface area (Å²) < 4.78 is 0. The number of hydrogen-bond donors (Lipinski definition) is 5. The lowest BCUT2D eigenvalue weighted by atomic mass is 9.95. The Balaban J connectivity index is 0.688. The first-order valence-corrected chi connectivity index (χ1v) is 23.4. The summed E-state index contributed by atoms with van der Waals surface area (Å²) in [4.78, 5) is 63.8. The third-order valence-electron chi connectivity index (χ3n) is 12.4. The average molecular weight is 877 g/mol. The van der Waals surface area contributed by atoms with Crippen molar-refractivity contribution in [1.82, 2.24) is 40.6 Å². The lowest BCUT2D eigenvalue weighted by Crippen LogP contribution is -2.49. The number of nitrogens with one attached hydrogen (secondary N) is 3. The molecule has 2 fully saturated rings. The molecule has 2 aliphatic rings. The molecule has 5 aromatic rings. The lowest BCUT2D eigenvalue weighted by molar-refractivity contribution is -0.139. The van der Waals surface area contributed by atoms with E-state index < -0.39 is 12.1 Å². The highest BCUT2D eigenvalue weighted by molar-refractivity contribution is 7.13. The predicted octanol–water partition coefficient (Wildman–Crippen LogP) is 7.32. The number of aromatic hydroxyl groups is 1. The number of para-hydroxylation sites is 1. The molecule has 5 heterocycles. The number of aromatic amines is 1. The molecule has 2 saturated heterocycles. The van der Waals surface area contributed by atoms with Crippen LogP contribution in [0.2, 0.25) is 0 Å². The van der Waals surface area contributed by atoms with Crippen LogP contribution < -0.4 is 10.6 Å². The van der Waals surface area contributed by atoms with Crippen molar-refractivity contribution < 1.29 is 29.4 Å². The largest absolute Gasteiger partial charge is 0.507 e. The van der Waals surface area contributed by atoms with E-state index >= 15 is 0 Å². The number of aryl methyl sites for hydroxylation is 1. The number of nitrogens with zero attached hydrogens (tertiary/aromatic N) is 5. The summed E-state index contributed by atoms with van der Waals surface area (Å²) in [6.45, 7) is 5.12. The van der Waals surface area contributed by atoms with Gasteiger partial charge in [-0.2, -0.15) is 0 Å². The van der Waals surface area contributed by atoms with Gasteiger partial charge in [0.05, 0.1) is 40.5 Å². The quantitative estimate of drug-likeness (QED) is 0.0470. The molecule has 334 valence electrons. The van der Waals surface area contributed by atoms with E-state index in [-0.39, 0.29) is 60.8 Å². The highest BCUT2D eigenvalue weighted by Gasteiger charge is 2.39. The average Bonchev–Trinajstić information content (AvgIpc) is 4.00. The number of phenols is 1. The molecule has 3 aromatic heterocycles. The zero-order valence-electron chi connectivity index (χ0n) is 36.4. The molecule has 0 spiro atoms. The fourth-order valence-corrected chi connectivity index (χ4v) is 9.42. The van der Waals surface area contributed by atoms with Crippen LogP contribution in [0.15, 0.2) is 66.2 Å². The summed E-state index contributed by atoms with van der Waals surface area (Å²) in [6.07, 6.45) is 10.7. The first-order valence-electron chi connectivity index (χ1n) is 22.5. The second-order valence-electron chi connectivity index (χ2n) is 17.2. The molecule has 0 radical (unpaired) electrons. The summed E-state index contributed by atoms with van der Waals surface area (Å²) >= 11 is 1.58. The van der Waals surface area contributed by atoms with Crippen LogP contribution in [0.3, 0.4) is 0 Å². The minimum absolute atomic E-state index is 0.0559. The highest BCUT2D eigenvalue weighted by Crippen LogP contribution is 2.33. The summed E-state index contributed by atoms with van der Waals surface area (Å²) in [6, 6.07) is 18.0. The summed E-state index contributed by atoms with van der Waals surface area (Å²) in [5.41, 5.74) is 7.81. The fourth-order valence-electron chi connectivity index (χ4n) is 8.61. The number of H-pyrrole nitrogens is 1. The molecule has 15 heteroatoms. The zero-order chi connectivity index (χ0) is 44.3. The van der Waals surface area contributed by atoms with Gasteiger partial charge in [0, 0.05) is 61.5 Å². The number of likely N-dealkylation sites (tertiary alicyclic amines) is 2. The van der Waals surface area contributed by atoms with E-state index in [9.17, 15) is 29.4 Å². The van der Waals surface area contributed by atoms with Crippen molar-refractivity contribution in [1.29, 1.82) is 0 Å². The third-order valence-corrected chi connectivity index (χ3v) is 13.4. The molecule has 2 aromatic carbocycles. The number of aliphatic hydroxyl groups excluding tert-OH is 1. The van der Waals surface area contributed by atoms with Crippen molar-refractivity contribution >= 4 is 46.0 Å². The SMILES string of the molecule is Cc1ncsc1-c1ccc([C@H](C)NC(=O)[C@@H]2C[C@@H](O)CN2C(=O)CNC(=O)CCCCCCCCCCCCC(=O)N2CC(c3cc4cc(-c5ccccc5O)nnc4[nH]3)C2)cc1. The Morgan fingerprint density at radius 3 is 2.22 bits per heavy atom. The van der Waals surface area contributed by atoms with Gasteiger partial charge in [-0.3, -0.25) is 19.2 Å². The second-order valence-corrected chi connectivity index (χ2v) is 18.0. The normalized spacial score (nSPS) is 16.9. The van der Waals surface area contributed by atoms with Crippen molar-refractivity contribution in [3.05, 3.63) is 83.1 Å². The summed E-state index contributed by atoms with van der Waals surface area (Å²) in [7, 11) is 0. The Morgan fingerprint density at radius 2 is 1.54 bits per heavy atom. The number of phenolic OH excluding ortho intramolecular Hbond substituents is 1. The van der Waals surface area contributed by atoms with E-state index in [4.69, 9.17) is 0 Å². The van der Waals surface area contributed by atoms with Gasteiger partial charge in [0.2, 0.25) is 23.6 Å². The maximum atomic E-state index is 13.3. The number of carbonyl (C=O) groups excluding carboxylic acids is 4. The van der Waals surface area contributed by atoms with Gasteiger partial charge in [-0.05, 0) is 62.1 Å². The molecular weight excluding hydrogens is 817 g/mol. The molecule has 2 aliphatic heterocycles. The van der Waals surface area contributed by atoms with Crippen LogP contribution in [0.4, 0.5) is 0 Å². The number of thiazole rings is 1. The molecule has 0 aliphatic carbocycles. The van der Waals surface area contributed by atoms with Gasteiger partial charge in [-0.25, -0.2) is 4.98 Å². The Bertz CT molecular complexity index is 2340. The highest BCUT2D eigenvalue weighted by atomic mass is 32.1. The maximum absolute atomic E-state index is 13.3. The number of aromatic nitrogens is 4. The van der Waals surface area contributed by atoms with E-state index in [1.54, 1.807) is 23.5 Å². The molecule has 5 N–H and O–H groups in total. The molecule has 0 saturated carbocycles. The van der Waals surface area contributed by atoms with Crippen molar-refractivity contribution in [3.8, 4) is 27.4 Å². The van der Waals surface area contributed by atoms with Gasteiger partial charge in [-0.1, -0.05) is 87.8 Å². The third kappa shape index (κ3) is 11.9. The smallest absolute Gasteiger partial charge is 0.243 e. The molecule has 63 heavy (non-hydrogen) atoms. The van der Waals surface area contributed by atoms with E-state index in [0.29, 0.717) is 42.8 Å². The first kappa shape index (κ1) is 45.4. The Kier molecular flexibility index (Phi) is 15.6. The Morgan fingerprint density at radius 1 is 0.857 bits per heavy atom. The Labute approximate surface area is 372 Å². The minimum Gasteiger partial charge on any atom is -0.507 e. The summed E-state index contributed by atoms with van der Waals surface area (Å²) in [5, 5.41) is 35.8. The van der Waals surface area contributed by atoms with E-state index in [1.165, 1.54) is 4.90 Å². The van der Waals surface area contributed by atoms with E-state index in [2.05, 4.69) is 36.9 Å². The minimum atomic E-state index is -0.802. The van der Waals surface area contributed by atoms with Crippen LogP contribution in [-0.4, -0.2) is 102 Å². The van der Waals surface area contributed by atoms with Crippen LogP contribution >= 0.6 is 11.3 Å². The van der Waals surface area contributed by atoms with Gasteiger partial charge in [0.25, 0.3) is 0 Å². The van der Waals surface area contributed by atoms with Gasteiger partial charge in [-0.15, -0.1) is 21.5 Å². The monoisotopic (exact) mass is 876 g/mol. The number of benzene rings is 2. The second kappa shape index (κ2) is 21.6. The molecule has 3 atom stereocenters. The molecule has 14 nitrogen and oxygen atoms in total. The van der Waals surface area contributed by atoms with Crippen LogP contribution in [0.5, 0.6) is 5.75 Å². The number of amides is 4. The van der Waals surface area contributed by atoms with Crippen molar-refractivity contribution in [2.45, 2.75) is 121 Å². The Hall–Kier alpha value is -5.67. The predicted molar refractivity (Wildman–Crippen MR) is 244 cm³/mol. The van der Waals surface area contributed by atoms with Gasteiger partial charge >= 0.3 is 0 Å². The van der Waals surface area contributed by atoms with Gasteiger partial charge in [0.1, 0.15) is 11.8 Å². The number of fused-ring (bicyclic) bond motifs is 1. The number of carbonyl (C=O) groups is 4. The van der Waals surface area contributed by atoms with Crippen LogP contribution in [-0.2, 0) is 19.2 Å². The standard InChI is InChI=1S/C48H60N8O6S/c1-31(33-19-21-34(22-20-33)46-32(2)50-30-63-46)51-48(62)41-25-37(57)29-56(41)45(61)26-49-43(59)17-11-9-7-5-3-4-6-8-10-12-18-44(60)55-27-36(28-55)39-23-35-24-40(53-54-47(35)52-39)38-15-13-14-16-42(38)58/h13-16,19-24,30-31,36-37,41,57-58H,3-12,17-18,25-29H2,1-2H3,(H,49,59)(H,51,62)(H,52,54)/t31-,37+,41-/m0/s1. The van der Waals surface area contributed by atoms with Crippen molar-refractivity contribution in [2.75, 3.05) is 26.2 Å². The van der Waals surface area contributed by atoms with E-state index in [0.717, 1.165) is 97.0 Å². The molecule has 0 bridgehead atoms. The van der Waals surface area contributed by atoms with Gasteiger partial charge in [0.15, 0.2) is 5.65 Å². The topological polar surface area (TPSA) is 194 Å². The summed E-state index contributed by atoms with van der Waals surface area (Å²) in [5.74, 6) is -0.255. The maximum Gasteiger partial charge on any atom is 0.243 e.